The molecule has 3 aliphatic heterocycles. The lowest BCUT2D eigenvalue weighted by Gasteiger charge is -2.40. The van der Waals surface area contributed by atoms with E-state index in [4.69, 9.17) is 9.26 Å². The second-order valence-electron chi connectivity index (χ2n) is 8.65. The summed E-state index contributed by atoms with van der Waals surface area (Å²) >= 11 is 0. The summed E-state index contributed by atoms with van der Waals surface area (Å²) in [5, 5.41) is 7.23. The van der Waals surface area contributed by atoms with E-state index in [9.17, 15) is 18.0 Å². The Morgan fingerprint density at radius 3 is 2.47 bits per heavy atom. The average Bonchev–Trinajstić information content (AvgIpc) is 3.56. The molecule has 2 unspecified atom stereocenters. The van der Waals surface area contributed by atoms with Crippen LogP contribution >= 0.6 is 0 Å². The monoisotopic (exact) mass is 478 g/mol. The Morgan fingerprint density at radius 2 is 1.79 bits per heavy atom. The van der Waals surface area contributed by atoms with Gasteiger partial charge in [-0.05, 0) is 24.1 Å². The number of alkyl halides is 3. The molecule has 2 aromatic rings. The van der Waals surface area contributed by atoms with E-state index in [1.54, 1.807) is 9.80 Å². The molecule has 9 nitrogen and oxygen atoms in total. The highest BCUT2D eigenvalue weighted by molar-refractivity contribution is 5.95. The molecule has 182 valence electrons. The number of halogens is 3. The van der Waals surface area contributed by atoms with Gasteiger partial charge in [0.25, 0.3) is 5.89 Å². The van der Waals surface area contributed by atoms with Crippen LogP contribution in [0.3, 0.4) is 0 Å². The molecule has 2 amide bonds. The molecule has 0 aliphatic carbocycles. The molecule has 1 aromatic carbocycles. The Kier molecular flexibility index (Phi) is 6.15. The first-order valence-electron chi connectivity index (χ1n) is 11.3. The summed E-state index contributed by atoms with van der Waals surface area (Å²) in [4.78, 5) is 25.5. The van der Waals surface area contributed by atoms with Crippen LogP contribution in [-0.4, -0.2) is 84.3 Å². The molecule has 12 heteroatoms. The number of nitrogens with one attached hydrogen (secondary N) is 1. The molecule has 3 aliphatic rings. The molecule has 0 radical (unpaired) electrons. The van der Waals surface area contributed by atoms with Crippen LogP contribution in [0.1, 0.15) is 41.1 Å². The van der Waals surface area contributed by atoms with Crippen molar-refractivity contribution in [2.75, 3.05) is 52.5 Å². The fourth-order valence-electron chi connectivity index (χ4n) is 4.62. The zero-order valence-electron chi connectivity index (χ0n) is 18.4. The van der Waals surface area contributed by atoms with Crippen LogP contribution < -0.4 is 5.32 Å². The number of amidine groups is 1. The van der Waals surface area contributed by atoms with Gasteiger partial charge in [-0.3, -0.25) is 4.99 Å². The second-order valence-corrected chi connectivity index (χ2v) is 8.65. The molecule has 5 rings (SSSR count). The van der Waals surface area contributed by atoms with Gasteiger partial charge in [0.05, 0.1) is 25.3 Å². The van der Waals surface area contributed by atoms with Gasteiger partial charge in [0.15, 0.2) is 11.7 Å². The fourth-order valence-corrected chi connectivity index (χ4v) is 4.62. The van der Waals surface area contributed by atoms with E-state index >= 15 is 0 Å². The number of rotatable bonds is 3. The number of ether oxygens (including phenoxy) is 1. The molecule has 0 spiro atoms. The zero-order valence-corrected chi connectivity index (χ0v) is 18.4. The summed E-state index contributed by atoms with van der Waals surface area (Å²) in [6.45, 7) is 4.10. The number of aliphatic imine (C=N–C) groups is 1. The maximum atomic E-state index is 13.3. The third-order valence-corrected chi connectivity index (χ3v) is 6.40. The summed E-state index contributed by atoms with van der Waals surface area (Å²) in [5.41, 5.74) is 0.0422. The first-order chi connectivity index (χ1) is 16.4. The molecule has 2 saturated heterocycles. The summed E-state index contributed by atoms with van der Waals surface area (Å²) in [6, 6.07) is 5.04. The second kappa shape index (κ2) is 9.24. The maximum Gasteiger partial charge on any atom is 0.416 e. The summed E-state index contributed by atoms with van der Waals surface area (Å²) in [7, 11) is 0. The minimum Gasteiger partial charge on any atom is -0.378 e. The Bertz CT molecular complexity index is 1050. The number of aromatic nitrogens is 2. The lowest BCUT2D eigenvalue weighted by Crippen LogP contribution is -2.52. The van der Waals surface area contributed by atoms with Gasteiger partial charge in [-0.25, -0.2) is 4.79 Å². The molecule has 34 heavy (non-hydrogen) atoms. The highest BCUT2D eigenvalue weighted by Gasteiger charge is 2.37. The van der Waals surface area contributed by atoms with Crippen molar-refractivity contribution in [2.45, 2.75) is 24.4 Å². The number of nitrogens with zero attached hydrogens (tertiary/aromatic N) is 5. The predicted octanol–water partition coefficient (Wildman–Crippen LogP) is 2.46. The third-order valence-electron chi connectivity index (χ3n) is 6.40. The molecule has 0 bridgehead atoms. The number of carbonyl (C=O) groups is 1. The zero-order chi connectivity index (χ0) is 23.7. The lowest BCUT2D eigenvalue weighted by molar-refractivity contribution is -0.137. The number of amides is 2. The van der Waals surface area contributed by atoms with Crippen LogP contribution in [0.25, 0.3) is 0 Å². The van der Waals surface area contributed by atoms with E-state index in [0.717, 1.165) is 17.7 Å². The summed E-state index contributed by atoms with van der Waals surface area (Å²) in [6.07, 6.45) is -3.82. The van der Waals surface area contributed by atoms with E-state index in [2.05, 4.69) is 20.4 Å². The molecule has 1 aromatic heterocycles. The number of likely N-dealkylation sites (tertiary alicyclic amines) is 1. The minimum atomic E-state index is -4.40. The third kappa shape index (κ3) is 4.72. The number of benzene rings is 1. The molecular weight excluding hydrogens is 453 g/mol. The molecule has 2 fully saturated rings. The minimum absolute atomic E-state index is 0.115. The number of hydrogen-bond acceptors (Lipinski definition) is 7. The van der Waals surface area contributed by atoms with Gasteiger partial charge in [-0.2, -0.15) is 18.2 Å². The van der Waals surface area contributed by atoms with E-state index in [0.29, 0.717) is 76.5 Å². The molecule has 4 heterocycles. The summed E-state index contributed by atoms with van der Waals surface area (Å²) in [5.74, 6) is 0.911. The van der Waals surface area contributed by atoms with Gasteiger partial charge in [0, 0.05) is 44.6 Å². The quantitative estimate of drug-likeness (QED) is 0.728. The van der Waals surface area contributed by atoms with E-state index in [1.807, 2.05) is 0 Å². The number of morpholine rings is 1. The first kappa shape index (κ1) is 22.6. The Labute approximate surface area is 194 Å². The fraction of sp³-hybridized carbons (Fsp3) is 0.545. The Morgan fingerprint density at radius 1 is 1.06 bits per heavy atom. The first-order valence-corrected chi connectivity index (χ1v) is 11.3. The van der Waals surface area contributed by atoms with Crippen LogP contribution in [-0.2, 0) is 10.9 Å². The van der Waals surface area contributed by atoms with Crippen LogP contribution in [0.15, 0.2) is 33.8 Å². The lowest BCUT2D eigenvalue weighted by atomic mass is 9.84. The van der Waals surface area contributed by atoms with Crippen molar-refractivity contribution >= 4 is 11.9 Å². The normalized spacial score (nSPS) is 23.6. The maximum absolute atomic E-state index is 13.3. The average molecular weight is 478 g/mol. The van der Waals surface area contributed by atoms with Crippen molar-refractivity contribution in [1.29, 1.82) is 0 Å². The molecule has 2 atom stereocenters. The van der Waals surface area contributed by atoms with Gasteiger partial charge >= 0.3 is 12.2 Å². The highest BCUT2D eigenvalue weighted by atomic mass is 19.4. The smallest absolute Gasteiger partial charge is 0.378 e. The van der Waals surface area contributed by atoms with Gasteiger partial charge in [-0.15, -0.1) is 0 Å². The highest BCUT2D eigenvalue weighted by Crippen LogP contribution is 2.37. The number of piperidine rings is 1. The summed E-state index contributed by atoms with van der Waals surface area (Å²) < 4.78 is 49.9. The van der Waals surface area contributed by atoms with Crippen molar-refractivity contribution in [2.24, 2.45) is 4.99 Å². The standard InChI is InChI=1S/C22H25F3N6O3/c23-22(24,25)17-3-1-14(2-4-17)15-11-16(18-28-20(34-29-18)19-26-5-6-27-19)13-31(12-15)21(32)30-7-9-33-10-8-30/h1-4,15-16H,5-13H2,(H,26,27). The van der Waals surface area contributed by atoms with E-state index in [1.165, 1.54) is 12.1 Å². The SMILES string of the molecule is O=C(N1CCOCC1)N1CC(c2ccc(C(F)(F)F)cc2)CC(c2noc(C3=NCCN3)n2)C1. The van der Waals surface area contributed by atoms with Crippen molar-refractivity contribution in [3.05, 3.63) is 47.1 Å². The van der Waals surface area contributed by atoms with Crippen LogP contribution in [0, 0.1) is 0 Å². The van der Waals surface area contributed by atoms with Crippen molar-refractivity contribution in [1.82, 2.24) is 25.3 Å². The molecule has 1 N–H and O–H groups in total. The largest absolute Gasteiger partial charge is 0.416 e. The van der Waals surface area contributed by atoms with Crippen molar-refractivity contribution in [3.63, 3.8) is 0 Å². The molecular formula is C22H25F3N6O3. The topological polar surface area (TPSA) is 96.1 Å². The van der Waals surface area contributed by atoms with Gasteiger partial charge in [-0.1, -0.05) is 17.3 Å². The van der Waals surface area contributed by atoms with E-state index < -0.39 is 11.7 Å². The Balaban J connectivity index is 1.40. The number of hydrogen-bond donors (Lipinski definition) is 1. The van der Waals surface area contributed by atoms with Crippen LogP contribution in [0.4, 0.5) is 18.0 Å². The van der Waals surface area contributed by atoms with Crippen molar-refractivity contribution < 1.29 is 27.2 Å². The predicted molar refractivity (Wildman–Crippen MR) is 115 cm³/mol. The number of carbonyl (C=O) groups excluding carboxylic acids is 1. The molecule has 0 saturated carbocycles. The van der Waals surface area contributed by atoms with Gasteiger partial charge in [0.1, 0.15) is 0 Å². The van der Waals surface area contributed by atoms with Crippen LogP contribution in [0.2, 0.25) is 0 Å². The van der Waals surface area contributed by atoms with Crippen LogP contribution in [0.5, 0.6) is 0 Å². The Hall–Kier alpha value is -3.15. The van der Waals surface area contributed by atoms with E-state index in [-0.39, 0.29) is 17.9 Å². The van der Waals surface area contributed by atoms with Gasteiger partial charge in [0.2, 0.25) is 0 Å². The van der Waals surface area contributed by atoms with Gasteiger partial charge < -0.3 is 24.4 Å². The van der Waals surface area contributed by atoms with Crippen molar-refractivity contribution in [3.8, 4) is 0 Å². The number of urea groups is 1.